The highest BCUT2D eigenvalue weighted by atomic mass is 16.2. The zero-order valence-electron chi connectivity index (χ0n) is 18.1. The molecule has 0 N–H and O–H groups in total. The summed E-state index contributed by atoms with van der Waals surface area (Å²) in [4.78, 5) is 17.2. The van der Waals surface area contributed by atoms with Gasteiger partial charge in [-0.1, -0.05) is 39.0 Å². The number of anilines is 1. The molecule has 5 heteroatoms. The Morgan fingerprint density at radius 1 is 1.18 bits per heavy atom. The van der Waals surface area contributed by atoms with E-state index >= 15 is 0 Å². The minimum absolute atomic E-state index is 0.225. The third-order valence-corrected chi connectivity index (χ3v) is 5.62. The maximum atomic E-state index is 13.0. The summed E-state index contributed by atoms with van der Waals surface area (Å²) in [5, 5.41) is 5.00. The molecule has 3 rings (SSSR count). The Kier molecular flexibility index (Phi) is 6.11. The van der Waals surface area contributed by atoms with E-state index in [9.17, 15) is 4.79 Å². The van der Waals surface area contributed by atoms with E-state index in [0.29, 0.717) is 12.5 Å². The molecule has 1 aromatic heterocycles. The number of para-hydroxylation sites is 1. The summed E-state index contributed by atoms with van der Waals surface area (Å²) in [6, 6.07) is 10.5. The molecular weight excluding hydrogens is 348 g/mol. The van der Waals surface area contributed by atoms with Gasteiger partial charge in [-0.25, -0.2) is 4.68 Å². The van der Waals surface area contributed by atoms with Crippen molar-refractivity contribution in [2.45, 2.75) is 65.5 Å². The van der Waals surface area contributed by atoms with Crippen LogP contribution in [0.1, 0.15) is 64.1 Å². The summed E-state index contributed by atoms with van der Waals surface area (Å²) in [6.07, 6.45) is 3.03. The first kappa shape index (κ1) is 20.4. The second-order valence-electron chi connectivity index (χ2n) is 8.48. The molecule has 5 nitrogen and oxygen atoms in total. The molecule has 28 heavy (non-hydrogen) atoms. The number of hydrogen-bond donors (Lipinski definition) is 0. The summed E-state index contributed by atoms with van der Waals surface area (Å²) in [6.45, 7) is 9.29. The van der Waals surface area contributed by atoms with Gasteiger partial charge < -0.3 is 9.80 Å². The Balaban J connectivity index is 2.09. The fourth-order valence-electron chi connectivity index (χ4n) is 3.69. The number of aromatic nitrogens is 2. The van der Waals surface area contributed by atoms with Crippen molar-refractivity contribution in [2.75, 3.05) is 19.0 Å². The summed E-state index contributed by atoms with van der Waals surface area (Å²) in [7, 11) is 4.11. The third-order valence-electron chi connectivity index (χ3n) is 5.62. The number of carbonyl (C=O) groups is 1. The average Bonchev–Trinajstić information content (AvgIpc) is 3.45. The van der Waals surface area contributed by atoms with E-state index in [-0.39, 0.29) is 17.9 Å². The summed E-state index contributed by atoms with van der Waals surface area (Å²) in [5.41, 5.74) is 3.28. The van der Waals surface area contributed by atoms with Gasteiger partial charge in [0.15, 0.2) is 0 Å². The standard InChI is InChI=1S/C23H34N4O/c1-7-17(4)26(23(28)18-13-14-18)15-20-21(16(2)3)24-27(22(20)25(5)6)19-11-9-8-10-12-19/h8-12,16-18H,7,13-15H2,1-6H3/t17-/m0/s1. The Morgan fingerprint density at radius 2 is 1.82 bits per heavy atom. The van der Waals surface area contributed by atoms with Crippen molar-refractivity contribution in [3.8, 4) is 5.69 Å². The van der Waals surface area contributed by atoms with E-state index in [2.05, 4.69) is 63.7 Å². The van der Waals surface area contributed by atoms with Crippen LogP contribution in [-0.4, -0.2) is 40.7 Å². The average molecular weight is 383 g/mol. The lowest BCUT2D eigenvalue weighted by Crippen LogP contribution is -2.39. The van der Waals surface area contributed by atoms with Crippen LogP contribution in [0.3, 0.4) is 0 Å². The molecular formula is C23H34N4O. The lowest BCUT2D eigenvalue weighted by atomic mass is 10.0. The number of amides is 1. The minimum atomic E-state index is 0.225. The summed E-state index contributed by atoms with van der Waals surface area (Å²) in [5.74, 6) is 1.88. The maximum Gasteiger partial charge on any atom is 0.226 e. The van der Waals surface area contributed by atoms with E-state index in [1.807, 2.05) is 22.9 Å². The smallest absolute Gasteiger partial charge is 0.226 e. The van der Waals surface area contributed by atoms with E-state index in [1.54, 1.807) is 0 Å². The number of carbonyl (C=O) groups excluding carboxylic acids is 1. The lowest BCUT2D eigenvalue weighted by Gasteiger charge is -2.30. The van der Waals surface area contributed by atoms with Crippen LogP contribution in [0.25, 0.3) is 5.69 Å². The fourth-order valence-corrected chi connectivity index (χ4v) is 3.69. The molecule has 1 fully saturated rings. The van der Waals surface area contributed by atoms with Gasteiger partial charge in [0.1, 0.15) is 5.82 Å². The molecule has 1 aliphatic rings. The molecule has 0 unspecified atom stereocenters. The molecule has 1 aliphatic carbocycles. The maximum absolute atomic E-state index is 13.0. The largest absolute Gasteiger partial charge is 0.362 e. The second-order valence-corrected chi connectivity index (χ2v) is 8.48. The molecule has 1 saturated carbocycles. The topological polar surface area (TPSA) is 41.4 Å². The van der Waals surface area contributed by atoms with Gasteiger partial charge in [0, 0.05) is 31.6 Å². The summed E-state index contributed by atoms with van der Waals surface area (Å²) >= 11 is 0. The van der Waals surface area contributed by atoms with Crippen molar-refractivity contribution in [3.63, 3.8) is 0 Å². The quantitative estimate of drug-likeness (QED) is 0.670. The molecule has 1 heterocycles. The lowest BCUT2D eigenvalue weighted by molar-refractivity contribution is -0.135. The summed E-state index contributed by atoms with van der Waals surface area (Å²) < 4.78 is 2.03. The molecule has 1 aromatic carbocycles. The molecule has 152 valence electrons. The van der Waals surface area contributed by atoms with E-state index in [4.69, 9.17) is 5.10 Å². The van der Waals surface area contributed by atoms with Crippen LogP contribution in [0, 0.1) is 5.92 Å². The highest BCUT2D eigenvalue weighted by Crippen LogP contribution is 2.36. The molecule has 0 radical (unpaired) electrons. The molecule has 0 aliphatic heterocycles. The van der Waals surface area contributed by atoms with Gasteiger partial charge in [0.2, 0.25) is 5.91 Å². The Hall–Kier alpha value is -2.30. The van der Waals surface area contributed by atoms with Crippen LogP contribution in [0.4, 0.5) is 5.82 Å². The molecule has 1 amide bonds. The van der Waals surface area contributed by atoms with Crippen molar-refractivity contribution < 1.29 is 4.79 Å². The van der Waals surface area contributed by atoms with Crippen LogP contribution >= 0.6 is 0 Å². The van der Waals surface area contributed by atoms with Gasteiger partial charge in [-0.3, -0.25) is 4.79 Å². The number of rotatable bonds is 8. The van der Waals surface area contributed by atoms with Crippen molar-refractivity contribution >= 4 is 11.7 Å². The fraction of sp³-hybridized carbons (Fsp3) is 0.565. The molecule has 0 saturated heterocycles. The van der Waals surface area contributed by atoms with Crippen LogP contribution in [0.15, 0.2) is 30.3 Å². The van der Waals surface area contributed by atoms with E-state index < -0.39 is 0 Å². The highest BCUT2D eigenvalue weighted by molar-refractivity contribution is 5.81. The first-order chi connectivity index (χ1) is 13.3. The zero-order chi connectivity index (χ0) is 20.4. The van der Waals surface area contributed by atoms with Gasteiger partial charge in [-0.2, -0.15) is 5.10 Å². The number of hydrogen-bond acceptors (Lipinski definition) is 3. The van der Waals surface area contributed by atoms with Gasteiger partial charge >= 0.3 is 0 Å². The molecule has 0 bridgehead atoms. The predicted octanol–water partition coefficient (Wildman–Crippen LogP) is 4.60. The first-order valence-corrected chi connectivity index (χ1v) is 10.5. The van der Waals surface area contributed by atoms with Crippen molar-refractivity contribution in [1.82, 2.24) is 14.7 Å². The van der Waals surface area contributed by atoms with Crippen LogP contribution < -0.4 is 4.90 Å². The van der Waals surface area contributed by atoms with E-state index in [0.717, 1.165) is 42.0 Å². The van der Waals surface area contributed by atoms with Gasteiger partial charge in [-0.05, 0) is 44.2 Å². The van der Waals surface area contributed by atoms with Gasteiger partial charge in [0.25, 0.3) is 0 Å². The van der Waals surface area contributed by atoms with E-state index in [1.165, 1.54) is 0 Å². The monoisotopic (exact) mass is 382 g/mol. The van der Waals surface area contributed by atoms with Crippen molar-refractivity contribution in [1.29, 1.82) is 0 Å². The number of benzene rings is 1. The molecule has 2 aromatic rings. The highest BCUT2D eigenvalue weighted by Gasteiger charge is 2.36. The number of nitrogens with zero attached hydrogens (tertiary/aromatic N) is 4. The molecule has 0 spiro atoms. The van der Waals surface area contributed by atoms with Crippen LogP contribution in [0.2, 0.25) is 0 Å². The minimum Gasteiger partial charge on any atom is -0.362 e. The van der Waals surface area contributed by atoms with Gasteiger partial charge in [-0.15, -0.1) is 0 Å². The van der Waals surface area contributed by atoms with Crippen LogP contribution in [-0.2, 0) is 11.3 Å². The SMILES string of the molecule is CC[C@H](C)N(Cc1c(C(C)C)nn(-c2ccccc2)c1N(C)C)C(=O)C1CC1. The second kappa shape index (κ2) is 8.38. The molecule has 1 atom stereocenters. The predicted molar refractivity (Wildman–Crippen MR) is 115 cm³/mol. The normalized spacial score (nSPS) is 15.0. The Morgan fingerprint density at radius 3 is 2.32 bits per heavy atom. The van der Waals surface area contributed by atoms with Crippen molar-refractivity contribution in [3.05, 3.63) is 41.6 Å². The van der Waals surface area contributed by atoms with Crippen LogP contribution in [0.5, 0.6) is 0 Å². The zero-order valence-corrected chi connectivity index (χ0v) is 18.1. The van der Waals surface area contributed by atoms with Crippen molar-refractivity contribution in [2.24, 2.45) is 5.92 Å². The Labute approximate surface area is 169 Å². The Bertz CT molecular complexity index is 806. The first-order valence-electron chi connectivity index (χ1n) is 10.5. The third kappa shape index (κ3) is 4.08. The van der Waals surface area contributed by atoms with Gasteiger partial charge in [0.05, 0.1) is 17.9 Å².